The Morgan fingerprint density at radius 2 is 2.32 bits per heavy atom. The summed E-state index contributed by atoms with van der Waals surface area (Å²) < 4.78 is 9.87. The molecule has 0 spiro atoms. The van der Waals surface area contributed by atoms with Gasteiger partial charge in [0, 0.05) is 25.6 Å². The van der Waals surface area contributed by atoms with Crippen LogP contribution in [-0.4, -0.2) is 30.6 Å². The van der Waals surface area contributed by atoms with Gasteiger partial charge >= 0.3 is 0 Å². The summed E-state index contributed by atoms with van der Waals surface area (Å²) in [5.41, 5.74) is 0.295. The highest BCUT2D eigenvalue weighted by Gasteiger charge is 2.20. The van der Waals surface area contributed by atoms with Crippen LogP contribution in [0.2, 0.25) is 0 Å². The van der Waals surface area contributed by atoms with Crippen LogP contribution >= 0.6 is 11.6 Å². The standard InChI is InChI=1S/C13H21ClN2O3/c1-13(2,5-4-6-14)9-15-12(17)11-7-10(8-18-3)19-16-11/h7H,4-6,8-9H2,1-3H3,(H,15,17). The van der Waals surface area contributed by atoms with Crippen molar-refractivity contribution in [2.75, 3.05) is 19.5 Å². The number of carbonyl (C=O) groups excluding carboxylic acids is 1. The van der Waals surface area contributed by atoms with E-state index in [0.29, 0.717) is 24.8 Å². The van der Waals surface area contributed by atoms with E-state index in [1.165, 1.54) is 0 Å². The Bertz CT molecular complexity index is 404. The maximum absolute atomic E-state index is 11.9. The third kappa shape index (κ3) is 5.61. The lowest BCUT2D eigenvalue weighted by atomic mass is 9.88. The number of aromatic nitrogens is 1. The van der Waals surface area contributed by atoms with Gasteiger partial charge in [-0.3, -0.25) is 4.79 Å². The molecule has 1 N–H and O–H groups in total. The fraction of sp³-hybridized carbons (Fsp3) is 0.692. The van der Waals surface area contributed by atoms with Gasteiger partial charge in [-0.05, 0) is 18.3 Å². The number of nitrogens with one attached hydrogen (secondary N) is 1. The van der Waals surface area contributed by atoms with Crippen LogP contribution in [-0.2, 0) is 11.3 Å². The summed E-state index contributed by atoms with van der Waals surface area (Å²) in [6.07, 6.45) is 1.90. The number of carbonyl (C=O) groups is 1. The quantitative estimate of drug-likeness (QED) is 0.747. The number of hydrogen-bond donors (Lipinski definition) is 1. The fourth-order valence-corrected chi connectivity index (χ4v) is 1.81. The molecule has 5 nitrogen and oxygen atoms in total. The van der Waals surface area contributed by atoms with Crippen molar-refractivity contribution < 1.29 is 14.1 Å². The van der Waals surface area contributed by atoms with Gasteiger partial charge in [-0.15, -0.1) is 11.6 Å². The topological polar surface area (TPSA) is 64.4 Å². The average molecular weight is 289 g/mol. The molecule has 0 fully saturated rings. The van der Waals surface area contributed by atoms with Crippen LogP contribution in [0.25, 0.3) is 0 Å². The van der Waals surface area contributed by atoms with E-state index in [1.807, 2.05) is 0 Å². The van der Waals surface area contributed by atoms with Crippen molar-refractivity contribution in [2.24, 2.45) is 5.41 Å². The van der Waals surface area contributed by atoms with E-state index in [1.54, 1.807) is 13.2 Å². The summed E-state index contributed by atoms with van der Waals surface area (Å²) in [6.45, 7) is 5.08. The normalized spacial score (nSPS) is 11.6. The number of hydrogen-bond acceptors (Lipinski definition) is 4. The van der Waals surface area contributed by atoms with Gasteiger partial charge < -0.3 is 14.6 Å². The van der Waals surface area contributed by atoms with Crippen molar-refractivity contribution in [3.05, 3.63) is 17.5 Å². The van der Waals surface area contributed by atoms with Gasteiger partial charge in [-0.1, -0.05) is 19.0 Å². The molecule has 0 saturated carbocycles. The maximum atomic E-state index is 11.9. The molecule has 1 rings (SSSR count). The highest BCUT2D eigenvalue weighted by Crippen LogP contribution is 2.21. The Balaban J connectivity index is 2.45. The Hall–Kier alpha value is -1.07. The lowest BCUT2D eigenvalue weighted by Crippen LogP contribution is -2.34. The third-order valence-electron chi connectivity index (χ3n) is 2.79. The predicted molar refractivity (Wildman–Crippen MR) is 73.3 cm³/mol. The van der Waals surface area contributed by atoms with Crippen LogP contribution in [0.5, 0.6) is 0 Å². The first kappa shape index (κ1) is 16.0. The van der Waals surface area contributed by atoms with E-state index >= 15 is 0 Å². The third-order valence-corrected chi connectivity index (χ3v) is 3.06. The fourth-order valence-electron chi connectivity index (χ4n) is 1.67. The first-order valence-electron chi connectivity index (χ1n) is 6.27. The molecule has 1 amide bonds. The number of amides is 1. The second-order valence-corrected chi connectivity index (χ2v) is 5.63. The second kappa shape index (κ2) is 7.50. The summed E-state index contributed by atoms with van der Waals surface area (Å²) in [7, 11) is 1.56. The Labute approximate surface area is 118 Å². The summed E-state index contributed by atoms with van der Waals surface area (Å²) in [5, 5.41) is 6.57. The van der Waals surface area contributed by atoms with Crippen LogP contribution in [0.3, 0.4) is 0 Å². The van der Waals surface area contributed by atoms with E-state index in [4.69, 9.17) is 20.9 Å². The highest BCUT2D eigenvalue weighted by atomic mass is 35.5. The molecular formula is C13H21ClN2O3. The first-order valence-corrected chi connectivity index (χ1v) is 6.80. The van der Waals surface area contributed by atoms with Gasteiger partial charge in [-0.2, -0.15) is 0 Å². The largest absolute Gasteiger partial charge is 0.377 e. The zero-order valence-electron chi connectivity index (χ0n) is 11.7. The van der Waals surface area contributed by atoms with Gasteiger partial charge in [0.2, 0.25) is 0 Å². The van der Waals surface area contributed by atoms with Gasteiger partial charge in [-0.25, -0.2) is 0 Å². The SMILES string of the molecule is COCc1cc(C(=O)NCC(C)(C)CCCCl)no1. The lowest BCUT2D eigenvalue weighted by Gasteiger charge is -2.24. The van der Waals surface area contributed by atoms with E-state index in [0.717, 1.165) is 12.8 Å². The second-order valence-electron chi connectivity index (χ2n) is 5.25. The van der Waals surface area contributed by atoms with Gasteiger partial charge in [0.05, 0.1) is 0 Å². The molecule has 1 aromatic heterocycles. The van der Waals surface area contributed by atoms with Crippen LogP contribution in [0.4, 0.5) is 0 Å². The molecule has 0 unspecified atom stereocenters. The molecule has 19 heavy (non-hydrogen) atoms. The number of rotatable bonds is 8. The van der Waals surface area contributed by atoms with E-state index in [9.17, 15) is 4.79 Å². The lowest BCUT2D eigenvalue weighted by molar-refractivity contribution is 0.0924. The minimum Gasteiger partial charge on any atom is -0.377 e. The van der Waals surface area contributed by atoms with Crippen LogP contribution in [0.1, 0.15) is 42.9 Å². The minimum absolute atomic E-state index is 0.0175. The Kier molecular flexibility index (Phi) is 6.31. The molecule has 0 radical (unpaired) electrons. The van der Waals surface area contributed by atoms with Gasteiger partial charge in [0.25, 0.3) is 5.91 Å². The molecule has 1 heterocycles. The summed E-state index contributed by atoms with van der Waals surface area (Å²) in [6, 6.07) is 1.59. The van der Waals surface area contributed by atoms with Crippen molar-refractivity contribution >= 4 is 17.5 Å². The number of nitrogens with zero attached hydrogens (tertiary/aromatic N) is 1. The summed E-state index contributed by atoms with van der Waals surface area (Å²) >= 11 is 5.68. The van der Waals surface area contributed by atoms with Crippen LogP contribution in [0, 0.1) is 5.41 Å². The van der Waals surface area contributed by atoms with Crippen molar-refractivity contribution in [3.63, 3.8) is 0 Å². The molecule has 108 valence electrons. The Morgan fingerprint density at radius 1 is 1.58 bits per heavy atom. The predicted octanol–water partition coefficient (Wildman–Crippen LogP) is 2.60. The van der Waals surface area contributed by atoms with Crippen molar-refractivity contribution in [1.82, 2.24) is 10.5 Å². The molecule has 0 aliphatic carbocycles. The van der Waals surface area contributed by atoms with Crippen LogP contribution < -0.4 is 5.32 Å². The van der Waals surface area contributed by atoms with Crippen molar-refractivity contribution in [1.29, 1.82) is 0 Å². The minimum atomic E-state index is -0.231. The van der Waals surface area contributed by atoms with Crippen molar-refractivity contribution in [2.45, 2.75) is 33.3 Å². The molecule has 6 heteroatoms. The zero-order chi connectivity index (χ0) is 14.3. The van der Waals surface area contributed by atoms with Gasteiger partial charge in [0.15, 0.2) is 11.5 Å². The number of methoxy groups -OCH3 is 1. The molecular weight excluding hydrogens is 268 g/mol. The average Bonchev–Trinajstić information content (AvgIpc) is 2.83. The highest BCUT2D eigenvalue weighted by molar-refractivity contribution is 6.17. The maximum Gasteiger partial charge on any atom is 0.273 e. The molecule has 0 aliphatic rings. The van der Waals surface area contributed by atoms with E-state index in [-0.39, 0.29) is 17.0 Å². The van der Waals surface area contributed by atoms with Crippen molar-refractivity contribution in [3.8, 4) is 0 Å². The zero-order valence-corrected chi connectivity index (χ0v) is 12.4. The Morgan fingerprint density at radius 3 is 2.95 bits per heavy atom. The number of alkyl halides is 1. The number of ether oxygens (including phenoxy) is 1. The van der Waals surface area contributed by atoms with Crippen LogP contribution in [0.15, 0.2) is 10.6 Å². The summed E-state index contributed by atoms with van der Waals surface area (Å²) in [5.74, 6) is 0.945. The smallest absolute Gasteiger partial charge is 0.273 e. The van der Waals surface area contributed by atoms with E-state index in [2.05, 4.69) is 24.3 Å². The molecule has 0 aromatic carbocycles. The van der Waals surface area contributed by atoms with E-state index < -0.39 is 0 Å². The molecule has 0 atom stereocenters. The molecule has 1 aromatic rings. The monoisotopic (exact) mass is 288 g/mol. The molecule has 0 bridgehead atoms. The van der Waals surface area contributed by atoms with Gasteiger partial charge in [0.1, 0.15) is 6.61 Å². The first-order chi connectivity index (χ1) is 8.98. The molecule has 0 aliphatic heterocycles. The summed E-state index contributed by atoms with van der Waals surface area (Å²) in [4.78, 5) is 11.9. The number of halogens is 1. The molecule has 0 saturated heterocycles.